The maximum atomic E-state index is 12.5. The molecule has 6 nitrogen and oxygen atoms in total. The molecule has 0 saturated carbocycles. The van der Waals surface area contributed by atoms with Gasteiger partial charge in [0.25, 0.3) is 5.91 Å². The normalized spacial score (nSPS) is 12.0. The van der Waals surface area contributed by atoms with Gasteiger partial charge in [0.05, 0.1) is 6.61 Å². The number of nitrogens with one attached hydrogen (secondary N) is 1. The van der Waals surface area contributed by atoms with Crippen molar-refractivity contribution in [3.8, 4) is 0 Å². The molecular weight excluding hydrogens is 244 g/mol. The zero-order chi connectivity index (χ0) is 14.3. The Hall–Kier alpha value is -1.66. The van der Waals surface area contributed by atoms with Crippen LogP contribution >= 0.6 is 0 Å². The van der Waals surface area contributed by atoms with Gasteiger partial charge in [-0.2, -0.15) is 0 Å². The summed E-state index contributed by atoms with van der Waals surface area (Å²) in [7, 11) is 1.62. The fourth-order valence-electron chi connectivity index (χ4n) is 1.71. The van der Waals surface area contributed by atoms with Crippen LogP contribution in [0.2, 0.25) is 0 Å². The highest BCUT2D eigenvalue weighted by atomic mass is 16.5. The minimum absolute atomic E-state index is 0.108. The van der Waals surface area contributed by atoms with Gasteiger partial charge in [-0.25, -0.2) is 10.8 Å². The highest BCUT2D eigenvalue weighted by Gasteiger charge is 2.21. The first kappa shape index (κ1) is 15.4. The number of hydrogen-bond donors (Lipinski definition) is 2. The molecule has 0 saturated heterocycles. The van der Waals surface area contributed by atoms with Gasteiger partial charge in [-0.05, 0) is 25.5 Å². The summed E-state index contributed by atoms with van der Waals surface area (Å²) in [4.78, 5) is 18.4. The summed E-state index contributed by atoms with van der Waals surface area (Å²) >= 11 is 0. The summed E-state index contributed by atoms with van der Waals surface area (Å²) in [5.41, 5.74) is 2.82. The number of carbonyl (C=O) groups excluding carboxylic acids is 1. The molecule has 0 aliphatic heterocycles. The molecule has 1 heterocycles. The highest BCUT2D eigenvalue weighted by molar-refractivity contribution is 5.92. The third kappa shape index (κ3) is 4.18. The van der Waals surface area contributed by atoms with Crippen LogP contribution in [0, 0.1) is 0 Å². The number of amides is 1. The van der Waals surface area contributed by atoms with Crippen molar-refractivity contribution < 1.29 is 9.53 Å². The van der Waals surface area contributed by atoms with Gasteiger partial charge >= 0.3 is 0 Å². The van der Waals surface area contributed by atoms with Crippen LogP contribution < -0.4 is 11.3 Å². The van der Waals surface area contributed by atoms with Crippen LogP contribution in [0.1, 0.15) is 30.8 Å². The molecule has 19 heavy (non-hydrogen) atoms. The molecule has 0 fully saturated rings. The molecule has 106 valence electrons. The van der Waals surface area contributed by atoms with Gasteiger partial charge in [0.2, 0.25) is 0 Å². The third-order valence-corrected chi connectivity index (χ3v) is 3.04. The number of anilines is 1. The molecule has 1 amide bonds. The van der Waals surface area contributed by atoms with Crippen LogP contribution in [0.15, 0.2) is 18.2 Å². The Balaban J connectivity index is 2.90. The fourth-order valence-corrected chi connectivity index (χ4v) is 1.71. The van der Waals surface area contributed by atoms with Crippen molar-refractivity contribution in [3.05, 3.63) is 23.9 Å². The Morgan fingerprint density at radius 2 is 2.32 bits per heavy atom. The lowest BCUT2D eigenvalue weighted by molar-refractivity contribution is 0.0608. The molecule has 3 N–H and O–H groups in total. The predicted octanol–water partition coefficient (Wildman–Crippen LogP) is 1.25. The molecule has 1 unspecified atom stereocenters. The molecule has 0 radical (unpaired) electrons. The highest BCUT2D eigenvalue weighted by Crippen LogP contribution is 2.11. The monoisotopic (exact) mass is 266 g/mol. The number of carbonyl (C=O) groups is 1. The number of rotatable bonds is 7. The number of nitrogens with zero attached hydrogens (tertiary/aromatic N) is 2. The van der Waals surface area contributed by atoms with E-state index < -0.39 is 0 Å². The number of methoxy groups -OCH3 is 1. The number of nitrogen functional groups attached to an aromatic ring is 1. The molecule has 0 aromatic carbocycles. The molecule has 0 bridgehead atoms. The van der Waals surface area contributed by atoms with E-state index in [2.05, 4.69) is 10.4 Å². The van der Waals surface area contributed by atoms with Crippen molar-refractivity contribution in [1.82, 2.24) is 9.88 Å². The smallest absolute Gasteiger partial charge is 0.272 e. The van der Waals surface area contributed by atoms with E-state index in [4.69, 9.17) is 10.6 Å². The second kappa shape index (κ2) is 7.70. The lowest BCUT2D eigenvalue weighted by Gasteiger charge is -2.28. The van der Waals surface area contributed by atoms with Crippen LogP contribution in [0.3, 0.4) is 0 Å². The standard InChI is InChI=1S/C13H22N4O2/c1-4-10(2)17(8-9-19-3)13(18)11-6-5-7-12(15-11)16-14/h5-7,10H,4,8-9,14H2,1-3H3,(H,15,16). The Bertz CT molecular complexity index is 411. The molecule has 1 aromatic heterocycles. The van der Waals surface area contributed by atoms with Gasteiger partial charge in [-0.1, -0.05) is 13.0 Å². The second-order valence-electron chi connectivity index (χ2n) is 4.30. The fraction of sp³-hybridized carbons (Fsp3) is 0.538. The first-order chi connectivity index (χ1) is 9.13. The summed E-state index contributed by atoms with van der Waals surface area (Å²) in [6.07, 6.45) is 0.879. The first-order valence-electron chi connectivity index (χ1n) is 6.37. The van der Waals surface area contributed by atoms with Gasteiger partial charge < -0.3 is 15.1 Å². The van der Waals surface area contributed by atoms with Crippen LogP contribution in [0.5, 0.6) is 0 Å². The Morgan fingerprint density at radius 3 is 2.89 bits per heavy atom. The number of pyridine rings is 1. The number of hydrogen-bond acceptors (Lipinski definition) is 5. The van der Waals surface area contributed by atoms with Gasteiger partial charge in [0.1, 0.15) is 11.5 Å². The number of ether oxygens (including phenoxy) is 1. The molecule has 0 spiro atoms. The minimum Gasteiger partial charge on any atom is -0.383 e. The van der Waals surface area contributed by atoms with E-state index in [0.717, 1.165) is 6.42 Å². The van der Waals surface area contributed by atoms with Crippen LogP contribution in [0.4, 0.5) is 5.82 Å². The third-order valence-electron chi connectivity index (χ3n) is 3.04. The van der Waals surface area contributed by atoms with Crippen molar-refractivity contribution in [2.45, 2.75) is 26.3 Å². The van der Waals surface area contributed by atoms with Crippen LogP contribution in [0.25, 0.3) is 0 Å². The number of hydrazine groups is 1. The van der Waals surface area contributed by atoms with E-state index in [9.17, 15) is 4.79 Å². The Labute approximate surface area is 113 Å². The number of nitrogens with two attached hydrogens (primary N) is 1. The maximum Gasteiger partial charge on any atom is 0.272 e. The van der Waals surface area contributed by atoms with Crippen LogP contribution in [-0.4, -0.2) is 42.1 Å². The molecule has 0 aliphatic rings. The average molecular weight is 266 g/mol. The van der Waals surface area contributed by atoms with E-state index in [1.54, 1.807) is 30.2 Å². The summed E-state index contributed by atoms with van der Waals surface area (Å²) in [6, 6.07) is 5.28. The average Bonchev–Trinajstić information content (AvgIpc) is 2.47. The molecule has 1 rings (SSSR count). The predicted molar refractivity (Wildman–Crippen MR) is 74.7 cm³/mol. The van der Waals surface area contributed by atoms with Gasteiger partial charge in [0, 0.05) is 19.7 Å². The van der Waals surface area contributed by atoms with E-state index in [1.165, 1.54) is 0 Å². The van der Waals surface area contributed by atoms with E-state index in [1.807, 2.05) is 13.8 Å². The van der Waals surface area contributed by atoms with Crippen LogP contribution in [-0.2, 0) is 4.74 Å². The molecule has 6 heteroatoms. The quantitative estimate of drug-likeness (QED) is 0.573. The summed E-state index contributed by atoms with van der Waals surface area (Å²) in [5.74, 6) is 5.67. The molecule has 1 atom stereocenters. The zero-order valence-corrected chi connectivity index (χ0v) is 11.7. The Morgan fingerprint density at radius 1 is 1.58 bits per heavy atom. The topological polar surface area (TPSA) is 80.5 Å². The lowest BCUT2D eigenvalue weighted by atomic mass is 10.2. The molecule has 1 aromatic rings. The van der Waals surface area contributed by atoms with Crippen molar-refractivity contribution in [2.75, 3.05) is 25.7 Å². The van der Waals surface area contributed by atoms with Crippen molar-refractivity contribution >= 4 is 11.7 Å². The zero-order valence-electron chi connectivity index (χ0n) is 11.7. The first-order valence-corrected chi connectivity index (χ1v) is 6.37. The largest absolute Gasteiger partial charge is 0.383 e. The van der Waals surface area contributed by atoms with E-state index in [-0.39, 0.29) is 11.9 Å². The summed E-state index contributed by atoms with van der Waals surface area (Å²) < 4.78 is 5.05. The van der Waals surface area contributed by atoms with E-state index in [0.29, 0.717) is 24.7 Å². The number of aromatic nitrogens is 1. The second-order valence-corrected chi connectivity index (χ2v) is 4.30. The summed E-state index contributed by atoms with van der Waals surface area (Å²) in [5, 5.41) is 0. The Kier molecular flexibility index (Phi) is 6.24. The van der Waals surface area contributed by atoms with Crippen molar-refractivity contribution in [3.63, 3.8) is 0 Å². The molecular formula is C13H22N4O2. The van der Waals surface area contributed by atoms with Crippen molar-refractivity contribution in [1.29, 1.82) is 0 Å². The van der Waals surface area contributed by atoms with E-state index >= 15 is 0 Å². The SMILES string of the molecule is CCC(C)N(CCOC)C(=O)c1cccc(NN)n1. The molecule has 0 aliphatic carbocycles. The van der Waals surface area contributed by atoms with Crippen molar-refractivity contribution in [2.24, 2.45) is 5.84 Å². The lowest BCUT2D eigenvalue weighted by Crippen LogP contribution is -2.41. The van der Waals surface area contributed by atoms with Gasteiger partial charge in [-0.3, -0.25) is 4.79 Å². The van der Waals surface area contributed by atoms with Gasteiger partial charge in [-0.15, -0.1) is 0 Å². The maximum absolute atomic E-state index is 12.5. The van der Waals surface area contributed by atoms with Gasteiger partial charge in [0.15, 0.2) is 0 Å². The summed E-state index contributed by atoms with van der Waals surface area (Å²) in [6.45, 7) is 5.11. The minimum atomic E-state index is -0.108.